The van der Waals surface area contributed by atoms with Gasteiger partial charge in [-0.05, 0) is 43.4 Å². The largest absolute Gasteiger partial charge is 0.334 e. The van der Waals surface area contributed by atoms with Crippen LogP contribution in [0.5, 0.6) is 0 Å². The van der Waals surface area contributed by atoms with Gasteiger partial charge in [-0.2, -0.15) is 0 Å². The molecule has 1 saturated heterocycles. The highest BCUT2D eigenvalue weighted by Gasteiger charge is 2.34. The van der Waals surface area contributed by atoms with Gasteiger partial charge >= 0.3 is 0 Å². The molecule has 3 rings (SSSR count). The molecule has 1 aromatic carbocycles. The standard InChI is InChI=1S/C17H21BrN2O2/c18-14-5-3-4-13(10-14)11-20(15-7-8-15)17(22)12-19-9-2-1-6-16(19)21/h3-5,10,15H,1-2,6-9,11-12H2. The molecular weight excluding hydrogens is 344 g/mol. The van der Waals surface area contributed by atoms with Crippen molar-refractivity contribution in [2.24, 2.45) is 0 Å². The summed E-state index contributed by atoms with van der Waals surface area (Å²) >= 11 is 3.47. The molecule has 0 atom stereocenters. The van der Waals surface area contributed by atoms with Crippen molar-refractivity contribution in [1.82, 2.24) is 9.80 Å². The minimum atomic E-state index is 0.0812. The van der Waals surface area contributed by atoms with E-state index >= 15 is 0 Å². The molecule has 0 spiro atoms. The Morgan fingerprint density at radius 1 is 1.32 bits per heavy atom. The third-order valence-corrected chi connectivity index (χ3v) is 4.79. The highest BCUT2D eigenvalue weighted by molar-refractivity contribution is 9.10. The predicted octanol–water partition coefficient (Wildman–Crippen LogP) is 2.95. The molecule has 0 aromatic heterocycles. The average Bonchev–Trinajstić information content (AvgIpc) is 3.32. The Hall–Kier alpha value is -1.36. The van der Waals surface area contributed by atoms with Gasteiger partial charge in [0.1, 0.15) is 0 Å². The zero-order chi connectivity index (χ0) is 15.5. The molecule has 4 nitrogen and oxygen atoms in total. The van der Waals surface area contributed by atoms with E-state index in [1.807, 2.05) is 23.1 Å². The van der Waals surface area contributed by atoms with Crippen LogP contribution in [0.15, 0.2) is 28.7 Å². The van der Waals surface area contributed by atoms with Crippen LogP contribution in [-0.2, 0) is 16.1 Å². The summed E-state index contributed by atoms with van der Waals surface area (Å²) in [5.74, 6) is 0.204. The maximum Gasteiger partial charge on any atom is 0.242 e. The summed E-state index contributed by atoms with van der Waals surface area (Å²) in [6.07, 6.45) is 4.70. The first-order valence-electron chi connectivity index (χ1n) is 7.95. The number of carbonyl (C=O) groups is 2. The van der Waals surface area contributed by atoms with Gasteiger partial charge in [-0.1, -0.05) is 28.1 Å². The minimum absolute atomic E-state index is 0.0812. The summed E-state index contributed by atoms with van der Waals surface area (Å²) in [5.41, 5.74) is 1.12. The summed E-state index contributed by atoms with van der Waals surface area (Å²) in [5, 5.41) is 0. The van der Waals surface area contributed by atoms with Crippen molar-refractivity contribution in [3.63, 3.8) is 0 Å². The number of nitrogens with zero attached hydrogens (tertiary/aromatic N) is 2. The molecule has 0 radical (unpaired) electrons. The van der Waals surface area contributed by atoms with E-state index in [1.165, 1.54) is 0 Å². The number of carbonyl (C=O) groups excluding carboxylic acids is 2. The Balaban J connectivity index is 1.65. The topological polar surface area (TPSA) is 40.6 Å². The van der Waals surface area contributed by atoms with Crippen molar-refractivity contribution in [2.75, 3.05) is 13.1 Å². The summed E-state index contributed by atoms with van der Waals surface area (Å²) < 4.78 is 1.03. The first-order chi connectivity index (χ1) is 10.6. The number of piperidine rings is 1. The fourth-order valence-corrected chi connectivity index (χ4v) is 3.37. The highest BCUT2D eigenvalue weighted by atomic mass is 79.9. The molecule has 2 amide bonds. The van der Waals surface area contributed by atoms with E-state index in [-0.39, 0.29) is 18.4 Å². The maximum atomic E-state index is 12.6. The molecule has 1 aliphatic heterocycles. The molecule has 1 aliphatic carbocycles. The van der Waals surface area contributed by atoms with Crippen LogP contribution in [0.3, 0.4) is 0 Å². The Bertz CT molecular complexity index is 572. The Labute approximate surface area is 139 Å². The number of hydrogen-bond acceptors (Lipinski definition) is 2. The smallest absolute Gasteiger partial charge is 0.242 e. The maximum absolute atomic E-state index is 12.6. The molecule has 0 N–H and O–H groups in total. The van der Waals surface area contributed by atoms with Gasteiger partial charge in [0.05, 0.1) is 6.54 Å². The van der Waals surface area contributed by atoms with Crippen LogP contribution in [-0.4, -0.2) is 40.7 Å². The molecular formula is C17H21BrN2O2. The van der Waals surface area contributed by atoms with Crippen LogP contribution < -0.4 is 0 Å². The van der Waals surface area contributed by atoms with E-state index in [1.54, 1.807) is 4.90 Å². The van der Waals surface area contributed by atoms with Gasteiger partial charge in [0.2, 0.25) is 11.8 Å². The lowest BCUT2D eigenvalue weighted by Crippen LogP contribution is -2.45. The molecule has 2 fully saturated rings. The van der Waals surface area contributed by atoms with Gasteiger partial charge in [0.15, 0.2) is 0 Å². The molecule has 0 bridgehead atoms. The quantitative estimate of drug-likeness (QED) is 0.805. The fourth-order valence-electron chi connectivity index (χ4n) is 2.92. The number of hydrogen-bond donors (Lipinski definition) is 0. The summed E-state index contributed by atoms with van der Waals surface area (Å²) in [6, 6.07) is 8.42. The van der Waals surface area contributed by atoms with Gasteiger partial charge in [-0.3, -0.25) is 9.59 Å². The van der Waals surface area contributed by atoms with Crippen LogP contribution >= 0.6 is 15.9 Å². The molecule has 118 valence electrons. The van der Waals surface area contributed by atoms with Crippen molar-refractivity contribution >= 4 is 27.7 Å². The van der Waals surface area contributed by atoms with Crippen molar-refractivity contribution in [3.05, 3.63) is 34.3 Å². The fraction of sp³-hybridized carbons (Fsp3) is 0.529. The summed E-state index contributed by atoms with van der Waals surface area (Å²) in [7, 11) is 0. The zero-order valence-electron chi connectivity index (χ0n) is 12.6. The Morgan fingerprint density at radius 3 is 2.82 bits per heavy atom. The van der Waals surface area contributed by atoms with Crippen LogP contribution in [0.25, 0.3) is 0 Å². The van der Waals surface area contributed by atoms with E-state index in [2.05, 4.69) is 22.0 Å². The van der Waals surface area contributed by atoms with E-state index in [0.717, 1.165) is 42.3 Å². The van der Waals surface area contributed by atoms with Crippen molar-refractivity contribution in [1.29, 1.82) is 0 Å². The van der Waals surface area contributed by atoms with Gasteiger partial charge in [-0.25, -0.2) is 0 Å². The molecule has 22 heavy (non-hydrogen) atoms. The second-order valence-corrected chi connectivity index (χ2v) is 7.07. The predicted molar refractivity (Wildman–Crippen MR) is 88.1 cm³/mol. The Morgan fingerprint density at radius 2 is 2.14 bits per heavy atom. The molecule has 5 heteroatoms. The Kier molecular flexibility index (Phi) is 4.81. The summed E-state index contributed by atoms with van der Waals surface area (Å²) in [4.78, 5) is 28.2. The third kappa shape index (κ3) is 3.88. The number of amides is 2. The van der Waals surface area contributed by atoms with E-state index in [0.29, 0.717) is 19.0 Å². The van der Waals surface area contributed by atoms with Crippen LogP contribution in [0, 0.1) is 0 Å². The lowest BCUT2D eigenvalue weighted by Gasteiger charge is -2.30. The van der Waals surface area contributed by atoms with Crippen LogP contribution in [0.2, 0.25) is 0 Å². The van der Waals surface area contributed by atoms with Crippen molar-refractivity contribution in [2.45, 2.75) is 44.7 Å². The normalized spacial score (nSPS) is 18.4. The number of benzene rings is 1. The van der Waals surface area contributed by atoms with Crippen LogP contribution in [0.4, 0.5) is 0 Å². The first-order valence-corrected chi connectivity index (χ1v) is 8.74. The van der Waals surface area contributed by atoms with Crippen molar-refractivity contribution in [3.8, 4) is 0 Å². The zero-order valence-corrected chi connectivity index (χ0v) is 14.2. The average molecular weight is 365 g/mol. The number of halogens is 1. The third-order valence-electron chi connectivity index (χ3n) is 4.30. The van der Waals surface area contributed by atoms with Crippen LogP contribution in [0.1, 0.15) is 37.7 Å². The number of likely N-dealkylation sites (tertiary alicyclic amines) is 1. The molecule has 1 saturated carbocycles. The lowest BCUT2D eigenvalue weighted by atomic mass is 10.1. The SMILES string of the molecule is O=C1CCCCN1CC(=O)N(Cc1cccc(Br)c1)C1CC1. The van der Waals surface area contributed by atoms with Gasteiger partial charge in [0.25, 0.3) is 0 Å². The molecule has 1 aromatic rings. The van der Waals surface area contributed by atoms with E-state index < -0.39 is 0 Å². The van der Waals surface area contributed by atoms with E-state index in [9.17, 15) is 9.59 Å². The highest BCUT2D eigenvalue weighted by Crippen LogP contribution is 2.29. The van der Waals surface area contributed by atoms with Gasteiger partial charge in [-0.15, -0.1) is 0 Å². The minimum Gasteiger partial charge on any atom is -0.334 e. The first kappa shape index (κ1) is 15.5. The molecule has 1 heterocycles. The second kappa shape index (κ2) is 6.82. The number of rotatable bonds is 5. The van der Waals surface area contributed by atoms with Crippen molar-refractivity contribution < 1.29 is 9.59 Å². The molecule has 2 aliphatic rings. The second-order valence-electron chi connectivity index (χ2n) is 6.16. The lowest BCUT2D eigenvalue weighted by molar-refractivity contribution is -0.142. The van der Waals surface area contributed by atoms with E-state index in [4.69, 9.17) is 0 Å². The van der Waals surface area contributed by atoms with Gasteiger partial charge in [0, 0.05) is 30.0 Å². The summed E-state index contributed by atoms with van der Waals surface area (Å²) in [6.45, 7) is 1.59. The monoisotopic (exact) mass is 364 g/mol. The van der Waals surface area contributed by atoms with Gasteiger partial charge < -0.3 is 9.80 Å². The molecule has 0 unspecified atom stereocenters.